The van der Waals surface area contributed by atoms with Gasteiger partial charge in [0.2, 0.25) is 5.91 Å². The van der Waals surface area contributed by atoms with Gasteiger partial charge in [0.25, 0.3) is 0 Å². The first-order valence-corrected chi connectivity index (χ1v) is 14.3. The largest absolute Gasteiger partial charge is 0.481 e. The highest BCUT2D eigenvalue weighted by atomic mass is 16.4. The van der Waals surface area contributed by atoms with Crippen LogP contribution in [0.15, 0.2) is 0 Å². The minimum absolute atomic E-state index is 0.0490. The van der Waals surface area contributed by atoms with Crippen LogP contribution in [0.5, 0.6) is 0 Å². The summed E-state index contributed by atoms with van der Waals surface area (Å²) in [6.45, 7) is 9.57. The number of aliphatic hydroxyl groups excluding tert-OH is 2. The highest BCUT2D eigenvalue weighted by Gasteiger charge is 2.62. The Kier molecular flexibility index (Phi) is 7.93. The van der Waals surface area contributed by atoms with Crippen LogP contribution in [0.25, 0.3) is 0 Å². The second kappa shape index (κ2) is 10.3. The number of aliphatic carboxylic acids is 1. The van der Waals surface area contributed by atoms with Crippen molar-refractivity contribution in [3.05, 3.63) is 0 Å². The van der Waals surface area contributed by atoms with E-state index in [2.05, 4.69) is 26.1 Å². The molecule has 0 heterocycles. The fraction of sp³-hybridized carbons (Fsp3) is 0.931. The van der Waals surface area contributed by atoms with Crippen molar-refractivity contribution in [1.29, 1.82) is 0 Å². The average Bonchev–Trinajstić information content (AvgIpc) is 3.15. The Balaban J connectivity index is 1.35. The Morgan fingerprint density at radius 1 is 0.943 bits per heavy atom. The van der Waals surface area contributed by atoms with Gasteiger partial charge in [0.05, 0.1) is 18.1 Å². The monoisotopic (exact) mass is 491 g/mol. The Labute approximate surface area is 211 Å². The summed E-state index contributed by atoms with van der Waals surface area (Å²) in [5, 5.41) is 33.7. The molecule has 35 heavy (non-hydrogen) atoms. The average molecular weight is 492 g/mol. The van der Waals surface area contributed by atoms with Crippen molar-refractivity contribution in [1.82, 2.24) is 5.32 Å². The second-order valence-corrected chi connectivity index (χ2v) is 13.3. The standard InChI is InChI=1S/C29H49NO5/c1-17(11-14-30-25(33)8-5-18(2)27(34)35)21-6-7-22-26-23(10-13-29(21,22)4)28(3)12-9-20(31)15-19(28)16-24(26)32/h17-24,26,31-32H,5-16H2,1-4H3,(H,30,33)(H,34,35)/t17-,18?,19+,20-,21?,22?,23?,24+,26?,28+,29-/m1/s1. The van der Waals surface area contributed by atoms with Crippen molar-refractivity contribution in [3.8, 4) is 0 Å². The van der Waals surface area contributed by atoms with E-state index in [9.17, 15) is 19.8 Å². The van der Waals surface area contributed by atoms with Crippen LogP contribution >= 0.6 is 0 Å². The van der Waals surface area contributed by atoms with Crippen molar-refractivity contribution < 1.29 is 24.9 Å². The van der Waals surface area contributed by atoms with Crippen LogP contribution in [0.3, 0.4) is 0 Å². The van der Waals surface area contributed by atoms with Gasteiger partial charge in [0, 0.05) is 13.0 Å². The number of hydrogen-bond acceptors (Lipinski definition) is 4. The van der Waals surface area contributed by atoms with Crippen molar-refractivity contribution >= 4 is 11.9 Å². The van der Waals surface area contributed by atoms with Gasteiger partial charge in [-0.2, -0.15) is 0 Å². The number of nitrogens with one attached hydrogen (secondary N) is 1. The lowest BCUT2D eigenvalue weighted by molar-refractivity contribution is -0.174. The van der Waals surface area contributed by atoms with E-state index in [0.29, 0.717) is 48.5 Å². The third-order valence-corrected chi connectivity index (χ3v) is 11.6. The van der Waals surface area contributed by atoms with Crippen molar-refractivity contribution in [2.75, 3.05) is 6.54 Å². The fourth-order valence-electron chi connectivity index (χ4n) is 9.38. The molecule has 0 aliphatic heterocycles. The molecular weight excluding hydrogens is 442 g/mol. The van der Waals surface area contributed by atoms with Gasteiger partial charge in [-0.1, -0.05) is 27.7 Å². The molecule has 0 aromatic carbocycles. The molecule has 4 N–H and O–H groups in total. The lowest BCUT2D eigenvalue weighted by Crippen LogP contribution is -2.58. The minimum Gasteiger partial charge on any atom is -0.481 e. The van der Waals surface area contributed by atoms with Crippen LogP contribution in [-0.2, 0) is 9.59 Å². The van der Waals surface area contributed by atoms with Crippen LogP contribution < -0.4 is 5.32 Å². The van der Waals surface area contributed by atoms with Crippen LogP contribution in [0, 0.1) is 52.3 Å². The number of aliphatic hydroxyl groups is 2. The van der Waals surface area contributed by atoms with Crippen LogP contribution in [0.4, 0.5) is 0 Å². The predicted octanol–water partition coefficient (Wildman–Crippen LogP) is 4.62. The molecule has 6 nitrogen and oxygen atoms in total. The molecule has 0 saturated heterocycles. The maximum absolute atomic E-state index is 12.2. The Bertz CT molecular complexity index is 787. The van der Waals surface area contributed by atoms with Gasteiger partial charge >= 0.3 is 5.97 Å². The predicted molar refractivity (Wildman–Crippen MR) is 135 cm³/mol. The number of rotatable bonds is 8. The smallest absolute Gasteiger partial charge is 0.306 e. The summed E-state index contributed by atoms with van der Waals surface area (Å²) < 4.78 is 0. The van der Waals surface area contributed by atoms with Crippen molar-refractivity contribution in [3.63, 3.8) is 0 Å². The number of carboxylic acid groups (broad SMARTS) is 1. The Morgan fingerprint density at radius 2 is 1.63 bits per heavy atom. The third kappa shape index (κ3) is 5.03. The first kappa shape index (κ1) is 26.9. The van der Waals surface area contributed by atoms with Gasteiger partial charge in [0.1, 0.15) is 0 Å². The first-order chi connectivity index (χ1) is 16.5. The van der Waals surface area contributed by atoms with Crippen molar-refractivity contribution in [2.45, 2.75) is 111 Å². The number of carboxylic acids is 1. The molecular formula is C29H49NO5. The maximum atomic E-state index is 12.2. The lowest BCUT2D eigenvalue weighted by Gasteiger charge is -2.62. The van der Waals surface area contributed by atoms with Gasteiger partial charge in [-0.3, -0.25) is 9.59 Å². The molecule has 4 rings (SSSR count). The number of hydrogen-bond donors (Lipinski definition) is 4. The van der Waals surface area contributed by atoms with Gasteiger partial charge in [-0.05, 0) is 111 Å². The summed E-state index contributed by atoms with van der Waals surface area (Å²) in [5.41, 5.74) is 0.510. The zero-order valence-corrected chi connectivity index (χ0v) is 22.3. The molecule has 0 aromatic heterocycles. The SMILES string of the molecule is CC(CCC(=O)NCC[C@@H](C)C1CCC2C3C(CC[C@@]21C)[C@@]1(C)CC[C@@H](O)C[C@H]1C[C@@H]3O)C(=O)O. The first-order valence-electron chi connectivity index (χ1n) is 14.3. The van der Waals surface area contributed by atoms with Crippen LogP contribution in [-0.4, -0.2) is 45.9 Å². The molecule has 5 unspecified atom stereocenters. The second-order valence-electron chi connectivity index (χ2n) is 13.3. The zero-order chi connectivity index (χ0) is 25.5. The van der Waals surface area contributed by atoms with Gasteiger partial charge in [-0.25, -0.2) is 0 Å². The molecule has 4 aliphatic rings. The van der Waals surface area contributed by atoms with E-state index in [0.717, 1.165) is 32.1 Å². The van der Waals surface area contributed by atoms with E-state index in [4.69, 9.17) is 5.11 Å². The summed E-state index contributed by atoms with van der Waals surface area (Å²) in [6.07, 6.45) is 9.71. The van der Waals surface area contributed by atoms with Gasteiger partial charge < -0.3 is 20.6 Å². The Hall–Kier alpha value is -1.14. The molecule has 6 heteroatoms. The molecule has 1 amide bonds. The molecule has 11 atom stereocenters. The third-order valence-electron chi connectivity index (χ3n) is 11.6. The van der Waals surface area contributed by atoms with Crippen LogP contribution in [0.1, 0.15) is 98.3 Å². The Morgan fingerprint density at radius 3 is 2.34 bits per heavy atom. The molecule has 4 aliphatic carbocycles. The van der Waals surface area contributed by atoms with E-state index in [-0.39, 0.29) is 35.4 Å². The number of carbonyl (C=O) groups excluding carboxylic acids is 1. The maximum Gasteiger partial charge on any atom is 0.306 e. The molecule has 4 saturated carbocycles. The quantitative estimate of drug-likeness (QED) is 0.396. The molecule has 0 spiro atoms. The highest BCUT2D eigenvalue weighted by molar-refractivity contribution is 5.77. The minimum atomic E-state index is -0.848. The summed E-state index contributed by atoms with van der Waals surface area (Å²) in [6, 6.07) is 0. The number of fused-ring (bicyclic) bond motifs is 5. The summed E-state index contributed by atoms with van der Waals surface area (Å²) in [5.74, 6) is 1.71. The van der Waals surface area contributed by atoms with Gasteiger partial charge in [-0.15, -0.1) is 0 Å². The fourth-order valence-corrected chi connectivity index (χ4v) is 9.38. The molecule has 0 radical (unpaired) electrons. The molecule has 0 bridgehead atoms. The highest BCUT2D eigenvalue weighted by Crippen LogP contribution is 2.68. The summed E-state index contributed by atoms with van der Waals surface area (Å²) in [7, 11) is 0. The van der Waals surface area contributed by atoms with E-state index in [1.54, 1.807) is 6.92 Å². The molecule has 0 aromatic rings. The van der Waals surface area contributed by atoms with E-state index >= 15 is 0 Å². The lowest BCUT2D eigenvalue weighted by atomic mass is 9.43. The summed E-state index contributed by atoms with van der Waals surface area (Å²) >= 11 is 0. The van der Waals surface area contributed by atoms with Gasteiger partial charge in [0.15, 0.2) is 0 Å². The molecule has 200 valence electrons. The zero-order valence-electron chi connectivity index (χ0n) is 22.3. The van der Waals surface area contributed by atoms with E-state index < -0.39 is 11.9 Å². The number of carbonyl (C=O) groups is 2. The number of amides is 1. The summed E-state index contributed by atoms with van der Waals surface area (Å²) in [4.78, 5) is 23.1. The van der Waals surface area contributed by atoms with Crippen LogP contribution in [0.2, 0.25) is 0 Å². The topological polar surface area (TPSA) is 107 Å². The van der Waals surface area contributed by atoms with Crippen molar-refractivity contribution in [2.24, 2.45) is 52.3 Å². The normalized spacial score (nSPS) is 44.5. The molecule has 4 fully saturated rings. The van der Waals surface area contributed by atoms with E-state index in [1.807, 2.05) is 0 Å². The van der Waals surface area contributed by atoms with E-state index in [1.165, 1.54) is 25.7 Å².